The van der Waals surface area contributed by atoms with Gasteiger partial charge in [0.1, 0.15) is 0 Å². The number of cyclic esters (lactones) is 1. The van der Waals surface area contributed by atoms with Gasteiger partial charge in [0.2, 0.25) is 0 Å². The molecule has 2 nitrogen and oxygen atoms in total. The molecule has 0 aromatic carbocycles. The van der Waals surface area contributed by atoms with E-state index in [1.165, 1.54) is 6.42 Å². The van der Waals surface area contributed by atoms with Crippen LogP contribution in [0.15, 0.2) is 0 Å². The van der Waals surface area contributed by atoms with Gasteiger partial charge in [-0.3, -0.25) is 4.79 Å². The van der Waals surface area contributed by atoms with E-state index in [4.69, 9.17) is 4.74 Å². The first-order chi connectivity index (χ1) is 5.65. The fourth-order valence-corrected chi connectivity index (χ4v) is 2.94. The van der Waals surface area contributed by atoms with Crippen LogP contribution in [0.4, 0.5) is 0 Å². The van der Waals surface area contributed by atoms with Gasteiger partial charge >= 0.3 is 5.97 Å². The van der Waals surface area contributed by atoms with Gasteiger partial charge < -0.3 is 4.74 Å². The van der Waals surface area contributed by atoms with Gasteiger partial charge in [-0.1, -0.05) is 13.8 Å². The van der Waals surface area contributed by atoms with E-state index in [0.29, 0.717) is 18.4 Å². The molecule has 1 spiro atoms. The maximum absolute atomic E-state index is 11.5. The number of carbonyl (C=O) groups excluding carboxylic acids is 1. The normalized spacial score (nSPS) is 47.0. The van der Waals surface area contributed by atoms with Gasteiger partial charge in [0.25, 0.3) is 0 Å². The molecular formula is C10H16O2. The average Bonchev–Trinajstić information content (AvgIpc) is 2.44. The fourth-order valence-electron chi connectivity index (χ4n) is 2.94. The average molecular weight is 168 g/mol. The molecule has 1 saturated heterocycles. The third-order valence-corrected chi connectivity index (χ3v) is 3.60. The van der Waals surface area contributed by atoms with Gasteiger partial charge in [-0.15, -0.1) is 0 Å². The lowest BCUT2D eigenvalue weighted by atomic mass is 9.77. The Kier molecular flexibility index (Phi) is 1.67. The van der Waals surface area contributed by atoms with Crippen LogP contribution < -0.4 is 0 Å². The number of carbonyl (C=O) groups is 1. The minimum Gasteiger partial charge on any atom is -0.465 e. The molecule has 1 aliphatic heterocycles. The monoisotopic (exact) mass is 168 g/mol. The molecule has 3 unspecified atom stereocenters. The minimum absolute atomic E-state index is 0.0688. The molecule has 0 N–H and O–H groups in total. The molecule has 0 radical (unpaired) electrons. The molecule has 2 aliphatic rings. The summed E-state index contributed by atoms with van der Waals surface area (Å²) < 4.78 is 5.07. The molecule has 2 fully saturated rings. The summed E-state index contributed by atoms with van der Waals surface area (Å²) in [6.45, 7) is 5.07. The Morgan fingerprint density at radius 2 is 2.25 bits per heavy atom. The topological polar surface area (TPSA) is 26.3 Å². The van der Waals surface area contributed by atoms with Crippen molar-refractivity contribution in [3.8, 4) is 0 Å². The van der Waals surface area contributed by atoms with Crippen molar-refractivity contribution < 1.29 is 9.53 Å². The molecule has 0 bridgehead atoms. The van der Waals surface area contributed by atoms with E-state index in [0.717, 1.165) is 12.8 Å². The Morgan fingerprint density at radius 3 is 2.67 bits per heavy atom. The molecule has 0 amide bonds. The maximum atomic E-state index is 11.5. The Labute approximate surface area is 73.3 Å². The number of hydrogen-bond donors (Lipinski definition) is 0. The molecule has 68 valence electrons. The highest BCUT2D eigenvalue weighted by Gasteiger charge is 2.53. The van der Waals surface area contributed by atoms with E-state index in [1.807, 2.05) is 0 Å². The Bertz CT molecular complexity index is 212. The zero-order valence-corrected chi connectivity index (χ0v) is 7.80. The fraction of sp³-hybridized carbons (Fsp3) is 0.900. The van der Waals surface area contributed by atoms with Crippen molar-refractivity contribution in [2.75, 3.05) is 6.61 Å². The highest BCUT2D eigenvalue weighted by Crippen LogP contribution is 2.51. The number of hydrogen-bond acceptors (Lipinski definition) is 2. The largest absolute Gasteiger partial charge is 0.465 e. The predicted molar refractivity (Wildman–Crippen MR) is 45.6 cm³/mol. The van der Waals surface area contributed by atoms with E-state index < -0.39 is 0 Å². The molecule has 12 heavy (non-hydrogen) atoms. The van der Waals surface area contributed by atoms with Gasteiger partial charge in [-0.05, 0) is 31.1 Å². The van der Waals surface area contributed by atoms with Crippen LogP contribution in [0.3, 0.4) is 0 Å². The van der Waals surface area contributed by atoms with Gasteiger partial charge in [-0.2, -0.15) is 0 Å². The number of ether oxygens (including phenoxy) is 1. The van der Waals surface area contributed by atoms with Crippen LogP contribution in [0.1, 0.15) is 33.1 Å². The highest BCUT2D eigenvalue weighted by atomic mass is 16.5. The second-order valence-electron chi connectivity index (χ2n) is 4.49. The van der Waals surface area contributed by atoms with Crippen molar-refractivity contribution >= 4 is 5.97 Å². The van der Waals surface area contributed by atoms with Crippen LogP contribution in [0, 0.1) is 17.3 Å². The van der Waals surface area contributed by atoms with Crippen LogP contribution in [-0.4, -0.2) is 12.6 Å². The van der Waals surface area contributed by atoms with Crippen LogP contribution in [0.2, 0.25) is 0 Å². The summed E-state index contributed by atoms with van der Waals surface area (Å²) in [5.41, 5.74) is -0.0839. The predicted octanol–water partition coefficient (Wildman–Crippen LogP) is 1.99. The number of esters is 1. The lowest BCUT2D eigenvalue weighted by Gasteiger charge is -2.22. The first kappa shape index (κ1) is 8.09. The summed E-state index contributed by atoms with van der Waals surface area (Å²) >= 11 is 0. The summed E-state index contributed by atoms with van der Waals surface area (Å²) in [5.74, 6) is 1.30. The first-order valence-electron chi connectivity index (χ1n) is 4.82. The molecule has 3 atom stereocenters. The SMILES string of the molecule is CC1CC(C)C2(CCOC2=O)C1. The van der Waals surface area contributed by atoms with Crippen molar-refractivity contribution in [2.45, 2.75) is 33.1 Å². The Morgan fingerprint density at radius 1 is 1.50 bits per heavy atom. The Hall–Kier alpha value is -0.530. The van der Waals surface area contributed by atoms with Crippen molar-refractivity contribution in [1.29, 1.82) is 0 Å². The Balaban J connectivity index is 2.25. The third kappa shape index (κ3) is 0.900. The van der Waals surface area contributed by atoms with E-state index >= 15 is 0 Å². The molecule has 0 aromatic rings. The zero-order valence-electron chi connectivity index (χ0n) is 7.80. The summed E-state index contributed by atoms with van der Waals surface area (Å²) in [5, 5.41) is 0. The van der Waals surface area contributed by atoms with Crippen molar-refractivity contribution in [3.05, 3.63) is 0 Å². The molecule has 1 aliphatic carbocycles. The van der Waals surface area contributed by atoms with Gasteiger partial charge in [0.15, 0.2) is 0 Å². The zero-order chi connectivity index (χ0) is 8.77. The van der Waals surface area contributed by atoms with Crippen LogP contribution in [0.5, 0.6) is 0 Å². The van der Waals surface area contributed by atoms with Crippen molar-refractivity contribution in [2.24, 2.45) is 17.3 Å². The maximum Gasteiger partial charge on any atom is 0.312 e. The summed E-state index contributed by atoms with van der Waals surface area (Å²) in [7, 11) is 0. The minimum atomic E-state index is -0.0839. The molecular weight excluding hydrogens is 152 g/mol. The highest BCUT2D eigenvalue weighted by molar-refractivity contribution is 5.79. The van der Waals surface area contributed by atoms with Gasteiger partial charge in [0.05, 0.1) is 12.0 Å². The van der Waals surface area contributed by atoms with E-state index in [1.54, 1.807) is 0 Å². The third-order valence-electron chi connectivity index (χ3n) is 3.60. The van der Waals surface area contributed by atoms with Crippen molar-refractivity contribution in [1.82, 2.24) is 0 Å². The molecule has 1 saturated carbocycles. The number of rotatable bonds is 0. The smallest absolute Gasteiger partial charge is 0.312 e. The standard InChI is InChI=1S/C10H16O2/c1-7-5-8(2)10(6-7)3-4-12-9(10)11/h7-8H,3-6H2,1-2H3. The van der Waals surface area contributed by atoms with E-state index in [9.17, 15) is 4.79 Å². The lowest BCUT2D eigenvalue weighted by Crippen LogP contribution is -2.28. The van der Waals surface area contributed by atoms with Gasteiger partial charge in [0, 0.05) is 0 Å². The summed E-state index contributed by atoms with van der Waals surface area (Å²) in [6.07, 6.45) is 3.19. The summed E-state index contributed by atoms with van der Waals surface area (Å²) in [6, 6.07) is 0. The van der Waals surface area contributed by atoms with Crippen LogP contribution in [0.25, 0.3) is 0 Å². The molecule has 1 heterocycles. The molecule has 2 heteroatoms. The van der Waals surface area contributed by atoms with Crippen LogP contribution >= 0.6 is 0 Å². The first-order valence-corrected chi connectivity index (χ1v) is 4.82. The lowest BCUT2D eigenvalue weighted by molar-refractivity contribution is -0.147. The van der Waals surface area contributed by atoms with Gasteiger partial charge in [-0.25, -0.2) is 0 Å². The van der Waals surface area contributed by atoms with Crippen molar-refractivity contribution in [3.63, 3.8) is 0 Å². The second kappa shape index (κ2) is 2.48. The van der Waals surface area contributed by atoms with E-state index in [2.05, 4.69) is 13.8 Å². The quantitative estimate of drug-likeness (QED) is 0.517. The van der Waals surface area contributed by atoms with E-state index in [-0.39, 0.29) is 11.4 Å². The van der Waals surface area contributed by atoms with Crippen LogP contribution in [-0.2, 0) is 9.53 Å². The molecule has 2 rings (SSSR count). The second-order valence-corrected chi connectivity index (χ2v) is 4.49. The molecule has 0 aromatic heterocycles. The summed E-state index contributed by atoms with van der Waals surface area (Å²) in [4.78, 5) is 11.5.